The van der Waals surface area contributed by atoms with Crippen molar-refractivity contribution >= 4 is 18.0 Å². The van der Waals surface area contributed by atoms with Crippen molar-refractivity contribution in [2.24, 2.45) is 0 Å². The van der Waals surface area contributed by atoms with Gasteiger partial charge in [-0.05, 0) is 48.4 Å². The predicted octanol–water partition coefficient (Wildman–Crippen LogP) is 4.94. The van der Waals surface area contributed by atoms with Gasteiger partial charge in [0.2, 0.25) is 5.91 Å². The minimum atomic E-state index is -1.18. The van der Waals surface area contributed by atoms with Crippen LogP contribution in [0.15, 0.2) is 48.5 Å². The molecule has 186 valence electrons. The fraction of sp³-hybridized carbons (Fsp3) is 0.464. The third-order valence-electron chi connectivity index (χ3n) is 7.40. The third kappa shape index (κ3) is 5.04. The lowest BCUT2D eigenvalue weighted by molar-refractivity contribution is -0.155. The number of amides is 2. The normalized spacial score (nSPS) is 19.7. The van der Waals surface area contributed by atoms with E-state index in [0.29, 0.717) is 25.8 Å². The molecule has 1 saturated heterocycles. The number of nitrogens with one attached hydrogen (secondary N) is 1. The maximum absolute atomic E-state index is 13.0. The van der Waals surface area contributed by atoms with Crippen LogP contribution in [0.25, 0.3) is 11.1 Å². The Hall–Kier alpha value is -3.35. The first kappa shape index (κ1) is 24.8. The Morgan fingerprint density at radius 1 is 1.11 bits per heavy atom. The lowest BCUT2D eigenvalue weighted by atomic mass is 9.98. The summed E-state index contributed by atoms with van der Waals surface area (Å²) in [6.45, 7) is 4.28. The zero-order chi connectivity index (χ0) is 25.0. The largest absolute Gasteiger partial charge is 0.480 e. The second kappa shape index (κ2) is 10.5. The Kier molecular flexibility index (Phi) is 7.43. The fourth-order valence-corrected chi connectivity index (χ4v) is 5.39. The quantitative estimate of drug-likeness (QED) is 0.532. The van der Waals surface area contributed by atoms with Crippen molar-refractivity contribution in [2.45, 2.75) is 69.9 Å². The minimum absolute atomic E-state index is 0.0373. The van der Waals surface area contributed by atoms with Crippen LogP contribution in [0.3, 0.4) is 0 Å². The van der Waals surface area contributed by atoms with Gasteiger partial charge in [0.25, 0.3) is 0 Å². The van der Waals surface area contributed by atoms with Crippen LogP contribution in [0.1, 0.15) is 69.4 Å². The summed E-state index contributed by atoms with van der Waals surface area (Å²) in [5.41, 5.74) is 3.42. The molecule has 1 aliphatic heterocycles. The molecule has 7 heteroatoms. The van der Waals surface area contributed by atoms with Gasteiger partial charge < -0.3 is 20.1 Å². The second-order valence-electron chi connectivity index (χ2n) is 9.74. The van der Waals surface area contributed by atoms with Crippen LogP contribution < -0.4 is 5.32 Å². The molecular formula is C28H34N2O5. The number of hydrogen-bond donors (Lipinski definition) is 2. The molecule has 7 nitrogen and oxygen atoms in total. The van der Waals surface area contributed by atoms with Gasteiger partial charge in [-0.3, -0.25) is 4.79 Å². The average Bonchev–Trinajstić information content (AvgIpc) is 3.40. The number of benzene rings is 2. The molecule has 1 aliphatic carbocycles. The number of ether oxygens (including phenoxy) is 1. The molecule has 0 radical (unpaired) electrons. The zero-order valence-corrected chi connectivity index (χ0v) is 20.5. The molecule has 2 unspecified atom stereocenters. The summed E-state index contributed by atoms with van der Waals surface area (Å²) in [5, 5.41) is 12.5. The molecule has 2 N–H and O–H groups in total. The van der Waals surface area contributed by atoms with Gasteiger partial charge in [-0.1, -0.05) is 68.3 Å². The van der Waals surface area contributed by atoms with E-state index in [1.807, 2.05) is 31.2 Å². The lowest BCUT2D eigenvalue weighted by Crippen LogP contribution is -2.52. The Balaban J connectivity index is 1.40. The molecule has 1 fully saturated rings. The number of carboxylic acid groups (broad SMARTS) is 1. The zero-order valence-electron chi connectivity index (χ0n) is 20.5. The van der Waals surface area contributed by atoms with Crippen LogP contribution in [0.4, 0.5) is 4.79 Å². The molecule has 1 heterocycles. The van der Waals surface area contributed by atoms with Crippen molar-refractivity contribution in [1.82, 2.24) is 10.2 Å². The molecular weight excluding hydrogens is 444 g/mol. The van der Waals surface area contributed by atoms with Crippen LogP contribution in [0.2, 0.25) is 0 Å². The summed E-state index contributed by atoms with van der Waals surface area (Å²) in [6.07, 6.45) is 3.01. The maximum Gasteiger partial charge on any atom is 0.407 e. The summed E-state index contributed by atoms with van der Waals surface area (Å²) in [5.74, 6) is -1.27. The summed E-state index contributed by atoms with van der Waals surface area (Å²) in [6, 6.07) is 15.9. The Morgan fingerprint density at radius 2 is 1.74 bits per heavy atom. The molecule has 0 bridgehead atoms. The SMILES string of the molecule is CCCCC(CC(=O)N1CCCC1(C)C(=O)O)NC(=O)OCC1c2ccccc2-c2ccccc21. The summed E-state index contributed by atoms with van der Waals surface area (Å²) in [4.78, 5) is 39.0. The van der Waals surface area contributed by atoms with Crippen molar-refractivity contribution in [2.75, 3.05) is 13.2 Å². The highest BCUT2D eigenvalue weighted by Gasteiger charge is 2.46. The van der Waals surface area contributed by atoms with Gasteiger partial charge in [0.15, 0.2) is 0 Å². The van der Waals surface area contributed by atoms with E-state index in [0.717, 1.165) is 35.1 Å². The number of unbranched alkanes of at least 4 members (excludes halogenated alkanes) is 1. The predicted molar refractivity (Wildman–Crippen MR) is 133 cm³/mol. The Bertz CT molecular complexity index is 1050. The van der Waals surface area contributed by atoms with Gasteiger partial charge in [0.05, 0.1) is 0 Å². The van der Waals surface area contributed by atoms with Gasteiger partial charge >= 0.3 is 12.1 Å². The average molecular weight is 479 g/mol. The van der Waals surface area contributed by atoms with Gasteiger partial charge in [-0.25, -0.2) is 9.59 Å². The van der Waals surface area contributed by atoms with Gasteiger partial charge in [-0.15, -0.1) is 0 Å². The molecule has 2 aliphatic rings. The highest BCUT2D eigenvalue weighted by atomic mass is 16.5. The molecule has 2 amide bonds. The molecule has 0 spiro atoms. The highest BCUT2D eigenvalue weighted by Crippen LogP contribution is 2.44. The first-order chi connectivity index (χ1) is 16.8. The number of fused-ring (bicyclic) bond motifs is 3. The molecule has 2 aromatic rings. The van der Waals surface area contributed by atoms with Crippen molar-refractivity contribution < 1.29 is 24.2 Å². The van der Waals surface area contributed by atoms with Crippen molar-refractivity contribution in [3.63, 3.8) is 0 Å². The number of rotatable bonds is 9. The number of carbonyl (C=O) groups is 3. The van der Waals surface area contributed by atoms with E-state index in [1.165, 1.54) is 4.90 Å². The van der Waals surface area contributed by atoms with E-state index in [2.05, 4.69) is 29.6 Å². The van der Waals surface area contributed by atoms with Crippen molar-refractivity contribution in [3.05, 3.63) is 59.7 Å². The number of nitrogens with zero attached hydrogens (tertiary/aromatic N) is 1. The first-order valence-corrected chi connectivity index (χ1v) is 12.5. The van der Waals surface area contributed by atoms with Crippen LogP contribution in [0, 0.1) is 0 Å². The van der Waals surface area contributed by atoms with Gasteiger partial charge in [-0.2, -0.15) is 0 Å². The number of aliphatic carboxylic acids is 1. The van der Waals surface area contributed by atoms with E-state index in [-0.39, 0.29) is 24.9 Å². The summed E-state index contributed by atoms with van der Waals surface area (Å²) in [7, 11) is 0. The van der Waals surface area contributed by atoms with E-state index < -0.39 is 23.6 Å². The van der Waals surface area contributed by atoms with Gasteiger partial charge in [0.1, 0.15) is 12.1 Å². The number of likely N-dealkylation sites (tertiary alicyclic amines) is 1. The summed E-state index contributed by atoms with van der Waals surface area (Å²) >= 11 is 0. The molecule has 2 atom stereocenters. The second-order valence-corrected chi connectivity index (χ2v) is 9.74. The van der Waals surface area contributed by atoms with Crippen LogP contribution in [-0.2, 0) is 14.3 Å². The van der Waals surface area contributed by atoms with Crippen LogP contribution in [0.5, 0.6) is 0 Å². The van der Waals surface area contributed by atoms with E-state index in [9.17, 15) is 19.5 Å². The highest BCUT2D eigenvalue weighted by molar-refractivity contribution is 5.88. The number of carbonyl (C=O) groups excluding carboxylic acids is 2. The summed E-state index contributed by atoms with van der Waals surface area (Å²) < 4.78 is 5.67. The molecule has 35 heavy (non-hydrogen) atoms. The topological polar surface area (TPSA) is 95.9 Å². The molecule has 0 saturated carbocycles. The van der Waals surface area contributed by atoms with Crippen molar-refractivity contribution in [3.8, 4) is 11.1 Å². The maximum atomic E-state index is 13.0. The fourth-order valence-electron chi connectivity index (χ4n) is 5.39. The lowest BCUT2D eigenvalue weighted by Gasteiger charge is -2.32. The molecule has 0 aromatic heterocycles. The third-order valence-corrected chi connectivity index (χ3v) is 7.40. The standard InChI is InChI=1S/C28H34N2O5/c1-3-4-10-19(17-25(31)30-16-9-15-28(30,2)26(32)33)29-27(34)35-18-24-22-13-7-5-11-20(22)21-12-6-8-14-23(21)24/h5-8,11-14,19,24H,3-4,9-10,15-18H2,1-2H3,(H,29,34)(H,32,33). The van der Waals surface area contributed by atoms with Crippen LogP contribution in [-0.4, -0.2) is 52.7 Å². The first-order valence-electron chi connectivity index (χ1n) is 12.5. The molecule has 2 aromatic carbocycles. The van der Waals surface area contributed by atoms with Gasteiger partial charge in [0, 0.05) is 24.9 Å². The Labute approximate surface area is 206 Å². The number of carboxylic acids is 1. The smallest absolute Gasteiger partial charge is 0.407 e. The molecule has 4 rings (SSSR count). The number of alkyl carbamates (subject to hydrolysis) is 1. The van der Waals surface area contributed by atoms with Crippen molar-refractivity contribution in [1.29, 1.82) is 0 Å². The minimum Gasteiger partial charge on any atom is -0.480 e. The monoisotopic (exact) mass is 478 g/mol. The van der Waals surface area contributed by atoms with Crippen LogP contribution >= 0.6 is 0 Å². The van der Waals surface area contributed by atoms with E-state index in [4.69, 9.17) is 4.74 Å². The van der Waals surface area contributed by atoms with E-state index >= 15 is 0 Å². The number of hydrogen-bond acceptors (Lipinski definition) is 4. The Morgan fingerprint density at radius 3 is 2.34 bits per heavy atom. The van der Waals surface area contributed by atoms with E-state index in [1.54, 1.807) is 6.92 Å².